The molecule has 0 aliphatic rings. The second-order valence-electron chi connectivity index (χ2n) is 4.63. The van der Waals surface area contributed by atoms with Gasteiger partial charge in [-0.1, -0.05) is 0 Å². The maximum atomic E-state index is 12.4. The van der Waals surface area contributed by atoms with Crippen LogP contribution in [-0.2, 0) is 4.74 Å². The predicted octanol–water partition coefficient (Wildman–Crippen LogP) is 3.58. The Labute approximate surface area is 144 Å². The largest absolute Gasteiger partial charge is 0.494 e. The summed E-state index contributed by atoms with van der Waals surface area (Å²) in [6, 6.07) is 8.38. The van der Waals surface area contributed by atoms with E-state index in [0.29, 0.717) is 40.2 Å². The molecule has 0 atom stereocenters. The molecular weight excluding hydrogens is 330 g/mol. The van der Waals surface area contributed by atoms with Crippen molar-refractivity contribution in [3.8, 4) is 11.5 Å². The van der Waals surface area contributed by atoms with E-state index in [9.17, 15) is 9.59 Å². The highest BCUT2D eigenvalue weighted by Gasteiger charge is 2.16. The van der Waals surface area contributed by atoms with Gasteiger partial charge in [0.25, 0.3) is 5.91 Å². The number of rotatable bonds is 7. The van der Waals surface area contributed by atoms with Crippen molar-refractivity contribution in [2.24, 2.45) is 0 Å². The van der Waals surface area contributed by atoms with Crippen molar-refractivity contribution in [1.29, 1.82) is 0 Å². The standard InChI is InChI=1S/C17H19NO5S/c1-4-22-11-6-7-13(23-5-2)12(10-11)18-16(19)14-8-9-15(24-14)17(20)21-3/h6-10H,4-5H2,1-3H3,(H,18,19). The van der Waals surface area contributed by atoms with Crippen LogP contribution in [0.3, 0.4) is 0 Å². The van der Waals surface area contributed by atoms with E-state index >= 15 is 0 Å². The molecule has 1 aromatic heterocycles. The molecule has 1 amide bonds. The van der Waals surface area contributed by atoms with Gasteiger partial charge in [-0.2, -0.15) is 0 Å². The molecule has 1 N–H and O–H groups in total. The molecule has 0 spiro atoms. The van der Waals surface area contributed by atoms with Gasteiger partial charge < -0.3 is 19.5 Å². The van der Waals surface area contributed by atoms with Crippen LogP contribution in [0.4, 0.5) is 5.69 Å². The summed E-state index contributed by atoms with van der Waals surface area (Å²) in [7, 11) is 1.30. The Morgan fingerprint density at radius 1 is 1.04 bits per heavy atom. The molecule has 6 nitrogen and oxygen atoms in total. The van der Waals surface area contributed by atoms with Crippen molar-refractivity contribution in [1.82, 2.24) is 0 Å². The zero-order chi connectivity index (χ0) is 17.5. The summed E-state index contributed by atoms with van der Waals surface area (Å²) in [5.74, 6) is 0.397. The average Bonchev–Trinajstić information content (AvgIpc) is 3.07. The van der Waals surface area contributed by atoms with E-state index < -0.39 is 5.97 Å². The number of nitrogens with one attached hydrogen (secondary N) is 1. The van der Waals surface area contributed by atoms with Crippen LogP contribution in [0.25, 0.3) is 0 Å². The summed E-state index contributed by atoms with van der Waals surface area (Å²) < 4.78 is 15.6. The third-order valence-corrected chi connectivity index (χ3v) is 4.09. The fraction of sp³-hybridized carbons (Fsp3) is 0.294. The van der Waals surface area contributed by atoms with E-state index in [1.807, 2.05) is 13.8 Å². The van der Waals surface area contributed by atoms with Crippen LogP contribution < -0.4 is 14.8 Å². The lowest BCUT2D eigenvalue weighted by Crippen LogP contribution is -2.11. The van der Waals surface area contributed by atoms with Crippen LogP contribution in [0.15, 0.2) is 30.3 Å². The molecule has 24 heavy (non-hydrogen) atoms. The first-order chi connectivity index (χ1) is 11.6. The number of carbonyl (C=O) groups is 2. The summed E-state index contributed by atoms with van der Waals surface area (Å²) in [5.41, 5.74) is 0.515. The van der Waals surface area contributed by atoms with Gasteiger partial charge in [0.2, 0.25) is 0 Å². The van der Waals surface area contributed by atoms with Gasteiger partial charge in [-0.25, -0.2) is 4.79 Å². The van der Waals surface area contributed by atoms with Crippen molar-refractivity contribution in [3.63, 3.8) is 0 Å². The van der Waals surface area contributed by atoms with Gasteiger partial charge in [0.15, 0.2) is 0 Å². The molecule has 0 saturated carbocycles. The summed E-state index contributed by atoms with van der Waals surface area (Å²) in [5, 5.41) is 2.80. The first-order valence-corrected chi connectivity index (χ1v) is 8.29. The summed E-state index contributed by atoms with van der Waals surface area (Å²) in [4.78, 5) is 24.7. The Balaban J connectivity index is 2.21. The molecule has 0 aliphatic heterocycles. The number of thiophene rings is 1. The van der Waals surface area contributed by atoms with Crippen LogP contribution in [0.1, 0.15) is 33.2 Å². The Bertz CT molecular complexity index is 726. The molecule has 7 heteroatoms. The number of esters is 1. The lowest BCUT2D eigenvalue weighted by atomic mass is 10.2. The quantitative estimate of drug-likeness (QED) is 0.773. The van der Waals surface area contributed by atoms with E-state index in [0.717, 1.165) is 11.3 Å². The highest BCUT2D eigenvalue weighted by molar-refractivity contribution is 7.16. The minimum Gasteiger partial charge on any atom is -0.494 e. The van der Waals surface area contributed by atoms with Crippen LogP contribution in [0.5, 0.6) is 11.5 Å². The normalized spacial score (nSPS) is 10.1. The van der Waals surface area contributed by atoms with E-state index in [4.69, 9.17) is 9.47 Å². The molecule has 2 rings (SSSR count). The van der Waals surface area contributed by atoms with Crippen molar-refractivity contribution >= 4 is 28.9 Å². The van der Waals surface area contributed by atoms with Gasteiger partial charge in [-0.15, -0.1) is 11.3 Å². The average molecular weight is 349 g/mol. The third kappa shape index (κ3) is 4.26. The van der Waals surface area contributed by atoms with Gasteiger partial charge in [-0.05, 0) is 38.1 Å². The van der Waals surface area contributed by atoms with E-state index in [-0.39, 0.29) is 5.91 Å². The molecule has 0 radical (unpaired) electrons. The minimum absolute atomic E-state index is 0.329. The SMILES string of the molecule is CCOc1ccc(OCC)c(NC(=O)c2ccc(C(=O)OC)s2)c1. The van der Waals surface area contributed by atoms with Crippen molar-refractivity contribution in [2.75, 3.05) is 25.6 Å². The molecule has 2 aromatic rings. The molecule has 0 saturated heterocycles. The van der Waals surface area contributed by atoms with Gasteiger partial charge in [0.05, 0.1) is 30.9 Å². The minimum atomic E-state index is -0.465. The molecule has 128 valence electrons. The summed E-state index contributed by atoms with van der Waals surface area (Å²) in [6.45, 7) is 4.75. The summed E-state index contributed by atoms with van der Waals surface area (Å²) in [6.07, 6.45) is 0. The lowest BCUT2D eigenvalue weighted by molar-refractivity contribution is 0.0606. The van der Waals surface area contributed by atoms with Crippen molar-refractivity contribution in [3.05, 3.63) is 40.1 Å². The first kappa shape index (κ1) is 17.8. The highest BCUT2D eigenvalue weighted by Crippen LogP contribution is 2.30. The van der Waals surface area contributed by atoms with Crippen LogP contribution in [0, 0.1) is 0 Å². The van der Waals surface area contributed by atoms with Crippen LogP contribution in [0.2, 0.25) is 0 Å². The number of methoxy groups -OCH3 is 1. The van der Waals surface area contributed by atoms with Crippen LogP contribution >= 0.6 is 11.3 Å². The van der Waals surface area contributed by atoms with Crippen LogP contribution in [-0.4, -0.2) is 32.2 Å². The Kier molecular flexibility index (Phi) is 6.20. The Morgan fingerprint density at radius 2 is 1.75 bits per heavy atom. The fourth-order valence-corrected chi connectivity index (χ4v) is 2.82. The van der Waals surface area contributed by atoms with Gasteiger partial charge in [0.1, 0.15) is 16.4 Å². The molecule has 1 aromatic carbocycles. The molecule has 1 heterocycles. The lowest BCUT2D eigenvalue weighted by Gasteiger charge is -2.13. The number of hydrogen-bond donors (Lipinski definition) is 1. The zero-order valence-corrected chi connectivity index (χ0v) is 14.6. The number of anilines is 1. The molecule has 0 fully saturated rings. The van der Waals surface area contributed by atoms with E-state index in [1.165, 1.54) is 7.11 Å². The fourth-order valence-electron chi connectivity index (χ4n) is 2.00. The number of benzene rings is 1. The maximum absolute atomic E-state index is 12.4. The second kappa shape index (κ2) is 8.35. The Hall–Kier alpha value is -2.54. The molecule has 0 unspecified atom stereocenters. The van der Waals surface area contributed by atoms with Crippen molar-refractivity contribution in [2.45, 2.75) is 13.8 Å². The molecule has 0 bridgehead atoms. The first-order valence-electron chi connectivity index (χ1n) is 7.48. The number of hydrogen-bond acceptors (Lipinski definition) is 6. The summed E-state index contributed by atoms with van der Waals surface area (Å²) >= 11 is 1.07. The molecular formula is C17H19NO5S. The maximum Gasteiger partial charge on any atom is 0.348 e. The smallest absolute Gasteiger partial charge is 0.348 e. The number of carbonyl (C=O) groups excluding carboxylic acids is 2. The van der Waals surface area contributed by atoms with Gasteiger partial charge >= 0.3 is 5.97 Å². The van der Waals surface area contributed by atoms with Gasteiger partial charge in [-0.3, -0.25) is 4.79 Å². The predicted molar refractivity (Wildman–Crippen MR) is 92.4 cm³/mol. The third-order valence-electron chi connectivity index (χ3n) is 3.03. The second-order valence-corrected chi connectivity index (χ2v) is 5.72. The monoisotopic (exact) mass is 349 g/mol. The van der Waals surface area contributed by atoms with Gasteiger partial charge in [0, 0.05) is 6.07 Å². The Morgan fingerprint density at radius 3 is 2.42 bits per heavy atom. The zero-order valence-electron chi connectivity index (χ0n) is 13.8. The van der Waals surface area contributed by atoms with E-state index in [1.54, 1.807) is 30.3 Å². The number of amides is 1. The van der Waals surface area contributed by atoms with E-state index in [2.05, 4.69) is 10.1 Å². The number of ether oxygens (including phenoxy) is 3. The molecule has 0 aliphatic carbocycles. The topological polar surface area (TPSA) is 73.9 Å². The van der Waals surface area contributed by atoms with Crippen molar-refractivity contribution < 1.29 is 23.8 Å². The highest BCUT2D eigenvalue weighted by atomic mass is 32.1.